The molecule has 0 spiro atoms. The lowest BCUT2D eigenvalue weighted by atomic mass is 10.1. The standard InChI is InChI=1S/C30H27N3O2S2/c1-20(2)33-29(34)27(37-30(33)36)17-24-18-32(25-9-5-4-6-10-25)31-28(24)23-8-7-11-26(16-23)35-19-22-14-12-21(3)13-15-22/h4-18,20H,19H2,1-3H3. The lowest BCUT2D eigenvalue weighted by Gasteiger charge is -2.18. The maximum Gasteiger partial charge on any atom is 0.266 e. The number of aromatic nitrogens is 2. The van der Waals surface area contributed by atoms with Gasteiger partial charge in [-0.15, -0.1) is 0 Å². The number of ether oxygens (including phenoxy) is 1. The minimum Gasteiger partial charge on any atom is -0.489 e. The van der Waals surface area contributed by atoms with Gasteiger partial charge in [0.25, 0.3) is 5.91 Å². The zero-order valence-electron chi connectivity index (χ0n) is 20.9. The van der Waals surface area contributed by atoms with Gasteiger partial charge in [-0.2, -0.15) is 5.10 Å². The third-order valence-electron chi connectivity index (χ3n) is 6.02. The molecule has 1 fully saturated rings. The Morgan fingerprint density at radius 2 is 1.78 bits per heavy atom. The number of thiocarbonyl (C=S) groups is 1. The van der Waals surface area contributed by atoms with Crippen LogP contribution in [0, 0.1) is 6.92 Å². The third kappa shape index (κ3) is 5.53. The number of carbonyl (C=O) groups excluding carboxylic acids is 1. The lowest BCUT2D eigenvalue weighted by Crippen LogP contribution is -2.34. The van der Waals surface area contributed by atoms with Gasteiger partial charge in [0.1, 0.15) is 22.4 Å². The van der Waals surface area contributed by atoms with E-state index in [1.807, 2.05) is 85.4 Å². The quantitative estimate of drug-likeness (QED) is 0.191. The number of hydrogen-bond donors (Lipinski definition) is 0. The first-order chi connectivity index (χ1) is 17.9. The van der Waals surface area contributed by atoms with Crippen molar-refractivity contribution in [2.75, 3.05) is 0 Å². The van der Waals surface area contributed by atoms with Gasteiger partial charge in [-0.3, -0.25) is 9.69 Å². The Hall–Kier alpha value is -3.68. The number of nitrogens with zero attached hydrogens (tertiary/aromatic N) is 3. The highest BCUT2D eigenvalue weighted by Crippen LogP contribution is 2.36. The Morgan fingerprint density at radius 3 is 2.49 bits per heavy atom. The summed E-state index contributed by atoms with van der Waals surface area (Å²) >= 11 is 6.81. The summed E-state index contributed by atoms with van der Waals surface area (Å²) in [7, 11) is 0. The Balaban J connectivity index is 1.50. The molecule has 5 rings (SSSR count). The van der Waals surface area contributed by atoms with Crippen LogP contribution < -0.4 is 4.74 Å². The van der Waals surface area contributed by atoms with Gasteiger partial charge in [0, 0.05) is 23.4 Å². The molecule has 0 unspecified atom stereocenters. The molecule has 1 aliphatic rings. The fraction of sp³-hybridized carbons (Fsp3) is 0.167. The number of hydrogen-bond acceptors (Lipinski definition) is 5. The van der Waals surface area contributed by atoms with Crippen LogP contribution in [0.3, 0.4) is 0 Å². The SMILES string of the molecule is Cc1ccc(COc2cccc(-c3nn(-c4ccccc4)cc3C=C3SC(=S)N(C(C)C)C3=O)c2)cc1. The van der Waals surface area contributed by atoms with Gasteiger partial charge in [-0.05, 0) is 56.7 Å². The molecule has 4 aromatic rings. The van der Waals surface area contributed by atoms with Crippen LogP contribution in [0.2, 0.25) is 0 Å². The van der Waals surface area contributed by atoms with Crippen molar-refractivity contribution < 1.29 is 9.53 Å². The molecular formula is C30H27N3O2S2. The van der Waals surface area contributed by atoms with Gasteiger partial charge < -0.3 is 4.74 Å². The van der Waals surface area contributed by atoms with Gasteiger partial charge in [0.05, 0.1) is 10.6 Å². The molecule has 0 aliphatic carbocycles. The summed E-state index contributed by atoms with van der Waals surface area (Å²) in [5.74, 6) is 0.683. The van der Waals surface area contributed by atoms with E-state index in [0.717, 1.165) is 33.8 Å². The first-order valence-electron chi connectivity index (χ1n) is 12.1. The van der Waals surface area contributed by atoms with E-state index in [4.69, 9.17) is 22.1 Å². The molecule has 7 heteroatoms. The number of benzene rings is 3. The van der Waals surface area contributed by atoms with Crippen LogP contribution in [0.1, 0.15) is 30.5 Å². The second kappa shape index (κ2) is 10.7. The summed E-state index contributed by atoms with van der Waals surface area (Å²) in [6.45, 7) is 6.48. The zero-order chi connectivity index (χ0) is 25.9. The summed E-state index contributed by atoms with van der Waals surface area (Å²) in [4.78, 5) is 15.3. The van der Waals surface area contributed by atoms with Gasteiger partial charge in [0.2, 0.25) is 0 Å². The summed E-state index contributed by atoms with van der Waals surface area (Å²) in [5.41, 5.74) is 5.77. The van der Waals surface area contributed by atoms with Crippen LogP contribution in [0.4, 0.5) is 0 Å². The number of amides is 1. The molecule has 1 saturated heterocycles. The van der Waals surface area contributed by atoms with Crippen molar-refractivity contribution in [2.45, 2.75) is 33.4 Å². The Labute approximate surface area is 226 Å². The Bertz CT molecular complexity index is 1470. The molecule has 0 radical (unpaired) electrons. The second-order valence-electron chi connectivity index (χ2n) is 9.16. The van der Waals surface area contributed by atoms with Crippen molar-refractivity contribution in [3.8, 4) is 22.7 Å². The Morgan fingerprint density at radius 1 is 1.03 bits per heavy atom. The van der Waals surface area contributed by atoms with E-state index < -0.39 is 0 Å². The maximum atomic E-state index is 13.1. The largest absolute Gasteiger partial charge is 0.489 e. The van der Waals surface area contributed by atoms with E-state index >= 15 is 0 Å². The van der Waals surface area contributed by atoms with Gasteiger partial charge >= 0.3 is 0 Å². The van der Waals surface area contributed by atoms with Crippen molar-refractivity contribution in [1.82, 2.24) is 14.7 Å². The summed E-state index contributed by atoms with van der Waals surface area (Å²) in [5, 5.41) is 4.91. The molecule has 0 saturated carbocycles. The molecule has 2 heterocycles. The molecule has 37 heavy (non-hydrogen) atoms. The van der Waals surface area contributed by atoms with Crippen molar-refractivity contribution in [2.24, 2.45) is 0 Å². The fourth-order valence-corrected chi connectivity index (χ4v) is 5.60. The van der Waals surface area contributed by atoms with Crippen LogP contribution in [-0.4, -0.2) is 30.9 Å². The smallest absolute Gasteiger partial charge is 0.266 e. The summed E-state index contributed by atoms with van der Waals surface area (Å²) in [6, 6.07) is 26.1. The Kier molecular flexibility index (Phi) is 7.26. The monoisotopic (exact) mass is 525 g/mol. The normalized spacial score (nSPS) is 14.7. The van der Waals surface area contributed by atoms with Crippen LogP contribution in [0.15, 0.2) is 90.0 Å². The van der Waals surface area contributed by atoms with Crippen LogP contribution in [0.25, 0.3) is 23.0 Å². The first-order valence-corrected chi connectivity index (χ1v) is 13.3. The van der Waals surface area contributed by atoms with E-state index in [1.165, 1.54) is 17.3 Å². The molecule has 3 aromatic carbocycles. The van der Waals surface area contributed by atoms with E-state index in [9.17, 15) is 4.79 Å². The fourth-order valence-electron chi connectivity index (χ4n) is 4.08. The highest BCUT2D eigenvalue weighted by Gasteiger charge is 2.34. The molecule has 1 amide bonds. The molecular weight excluding hydrogens is 498 g/mol. The van der Waals surface area contributed by atoms with Crippen LogP contribution in [-0.2, 0) is 11.4 Å². The van der Waals surface area contributed by atoms with E-state index in [2.05, 4.69) is 31.2 Å². The molecule has 1 aliphatic heterocycles. The number of rotatable bonds is 7. The number of para-hydroxylation sites is 1. The lowest BCUT2D eigenvalue weighted by molar-refractivity contribution is -0.123. The summed E-state index contributed by atoms with van der Waals surface area (Å²) < 4.78 is 8.51. The maximum absolute atomic E-state index is 13.1. The average Bonchev–Trinajstić information content (AvgIpc) is 3.44. The van der Waals surface area contributed by atoms with Gasteiger partial charge in [-0.1, -0.05) is 84.1 Å². The zero-order valence-corrected chi connectivity index (χ0v) is 22.6. The van der Waals surface area contributed by atoms with Crippen molar-refractivity contribution in [3.63, 3.8) is 0 Å². The van der Waals surface area contributed by atoms with Crippen molar-refractivity contribution in [1.29, 1.82) is 0 Å². The highest BCUT2D eigenvalue weighted by atomic mass is 32.2. The molecule has 186 valence electrons. The molecule has 0 atom stereocenters. The van der Waals surface area contributed by atoms with E-state index in [1.54, 1.807) is 4.90 Å². The number of carbonyl (C=O) groups is 1. The molecule has 0 bridgehead atoms. The van der Waals surface area contributed by atoms with Gasteiger partial charge in [-0.25, -0.2) is 4.68 Å². The third-order valence-corrected chi connectivity index (χ3v) is 7.35. The van der Waals surface area contributed by atoms with Crippen LogP contribution >= 0.6 is 24.0 Å². The van der Waals surface area contributed by atoms with Gasteiger partial charge in [0.15, 0.2) is 0 Å². The average molecular weight is 526 g/mol. The predicted molar refractivity (Wildman–Crippen MR) is 155 cm³/mol. The molecule has 0 N–H and O–H groups in total. The topological polar surface area (TPSA) is 47.4 Å². The minimum atomic E-state index is -0.0707. The first kappa shape index (κ1) is 25.0. The molecule has 1 aromatic heterocycles. The minimum absolute atomic E-state index is 0.00673. The second-order valence-corrected chi connectivity index (χ2v) is 10.8. The molecule has 5 nitrogen and oxygen atoms in total. The number of aryl methyl sites for hydroxylation is 1. The number of thioether (sulfide) groups is 1. The van der Waals surface area contributed by atoms with Crippen molar-refractivity contribution >= 4 is 40.3 Å². The summed E-state index contributed by atoms with van der Waals surface area (Å²) in [6.07, 6.45) is 3.84. The van der Waals surface area contributed by atoms with Crippen molar-refractivity contribution in [3.05, 3.63) is 107 Å². The van der Waals surface area contributed by atoms with Crippen LogP contribution in [0.5, 0.6) is 5.75 Å². The predicted octanol–water partition coefficient (Wildman–Crippen LogP) is 7.04. The van der Waals surface area contributed by atoms with E-state index in [0.29, 0.717) is 15.8 Å². The van der Waals surface area contributed by atoms with E-state index in [-0.39, 0.29) is 11.9 Å². The highest BCUT2D eigenvalue weighted by molar-refractivity contribution is 8.26.